The van der Waals surface area contributed by atoms with Crippen LogP contribution in [0.2, 0.25) is 0 Å². The number of hydrogen-bond acceptors (Lipinski definition) is 3. The molecule has 0 saturated heterocycles. The van der Waals surface area contributed by atoms with Gasteiger partial charge in [-0.25, -0.2) is 0 Å². The fourth-order valence-corrected chi connectivity index (χ4v) is 9.19. The first kappa shape index (κ1) is 27.4. The first-order chi connectivity index (χ1) is 23.6. The van der Waals surface area contributed by atoms with Crippen molar-refractivity contribution in [2.45, 2.75) is 19.3 Å². The number of anilines is 3. The summed E-state index contributed by atoms with van der Waals surface area (Å²) in [5, 5.41) is 5.20. The highest BCUT2D eigenvalue weighted by molar-refractivity contribution is 7.25. The molecule has 6 aromatic carbocycles. The van der Waals surface area contributed by atoms with E-state index in [9.17, 15) is 0 Å². The summed E-state index contributed by atoms with van der Waals surface area (Å²) in [7, 11) is 0. The van der Waals surface area contributed by atoms with Crippen LogP contribution in [-0.2, 0) is 5.41 Å². The van der Waals surface area contributed by atoms with Gasteiger partial charge in [-0.1, -0.05) is 80.6 Å². The predicted octanol–water partition coefficient (Wildman–Crippen LogP) is 12.3. The van der Waals surface area contributed by atoms with Crippen LogP contribution in [0.3, 0.4) is 0 Å². The highest BCUT2D eigenvalue weighted by atomic mass is 32.1. The average molecular weight is 634 g/mol. The maximum Gasteiger partial charge on any atom is 0.0645 e. The largest absolute Gasteiger partial charge is 0.310 e. The molecule has 0 spiro atoms. The van der Waals surface area contributed by atoms with Crippen molar-refractivity contribution in [2.75, 3.05) is 4.90 Å². The third-order valence-electron chi connectivity index (χ3n) is 10.2. The topological polar surface area (TPSA) is 21.1 Å². The molecule has 3 aromatic heterocycles. The van der Waals surface area contributed by atoms with Gasteiger partial charge in [0.2, 0.25) is 0 Å². The molecule has 48 heavy (non-hydrogen) atoms. The van der Waals surface area contributed by atoms with Crippen LogP contribution in [0.1, 0.15) is 25.0 Å². The lowest BCUT2D eigenvalue weighted by Gasteiger charge is -2.42. The van der Waals surface area contributed by atoms with E-state index in [0.29, 0.717) is 0 Å². The number of nitrogens with zero attached hydrogens (tertiary/aromatic N) is 3. The second kappa shape index (κ2) is 10.1. The van der Waals surface area contributed by atoms with E-state index in [1.54, 1.807) is 0 Å². The number of benzene rings is 6. The van der Waals surface area contributed by atoms with Gasteiger partial charge in [-0.2, -0.15) is 0 Å². The molecule has 0 aliphatic carbocycles. The van der Waals surface area contributed by atoms with Crippen LogP contribution in [0.4, 0.5) is 17.1 Å². The molecule has 10 rings (SSSR count). The van der Waals surface area contributed by atoms with Crippen LogP contribution < -0.4 is 4.90 Å². The van der Waals surface area contributed by atoms with Gasteiger partial charge in [0, 0.05) is 48.2 Å². The van der Waals surface area contributed by atoms with Crippen LogP contribution in [0.25, 0.3) is 58.8 Å². The summed E-state index contributed by atoms with van der Waals surface area (Å²) in [4.78, 5) is 6.89. The third kappa shape index (κ3) is 3.84. The molecule has 1 aliphatic heterocycles. The summed E-state index contributed by atoms with van der Waals surface area (Å²) in [5.41, 5.74) is 12.0. The van der Waals surface area contributed by atoms with E-state index in [-0.39, 0.29) is 5.41 Å². The number of pyridine rings is 1. The van der Waals surface area contributed by atoms with Crippen molar-refractivity contribution in [1.82, 2.24) is 9.55 Å². The normalized spacial score (nSPS) is 13.8. The smallest absolute Gasteiger partial charge is 0.0645 e. The molecular formula is C44H31N3S. The van der Waals surface area contributed by atoms with Gasteiger partial charge in [-0.15, -0.1) is 11.3 Å². The Morgan fingerprint density at radius 1 is 0.562 bits per heavy atom. The molecule has 0 N–H and O–H groups in total. The van der Waals surface area contributed by atoms with E-state index in [4.69, 9.17) is 0 Å². The molecule has 3 nitrogen and oxygen atoms in total. The molecule has 0 unspecified atom stereocenters. The minimum absolute atomic E-state index is 0.240. The second-order valence-electron chi connectivity index (χ2n) is 13.3. The Morgan fingerprint density at radius 3 is 2.12 bits per heavy atom. The van der Waals surface area contributed by atoms with Gasteiger partial charge in [-0.3, -0.25) is 4.98 Å². The monoisotopic (exact) mass is 633 g/mol. The zero-order chi connectivity index (χ0) is 32.0. The number of para-hydroxylation sites is 2. The Morgan fingerprint density at radius 2 is 1.27 bits per heavy atom. The molecule has 0 saturated carbocycles. The zero-order valence-corrected chi connectivity index (χ0v) is 27.5. The van der Waals surface area contributed by atoms with E-state index in [1.807, 2.05) is 29.8 Å². The van der Waals surface area contributed by atoms with Crippen molar-refractivity contribution in [2.24, 2.45) is 0 Å². The summed E-state index contributed by atoms with van der Waals surface area (Å²) in [6.07, 6.45) is 3.77. The Labute approximate surface area is 283 Å². The summed E-state index contributed by atoms with van der Waals surface area (Å²) >= 11 is 1.89. The molecule has 0 bridgehead atoms. The third-order valence-corrected chi connectivity index (χ3v) is 11.4. The minimum Gasteiger partial charge on any atom is -0.310 e. The highest BCUT2D eigenvalue weighted by Gasteiger charge is 2.39. The molecule has 0 radical (unpaired) electrons. The summed E-state index contributed by atoms with van der Waals surface area (Å²) in [6.45, 7) is 4.82. The quantitative estimate of drug-likeness (QED) is 0.193. The van der Waals surface area contributed by atoms with Crippen LogP contribution in [0.15, 0.2) is 152 Å². The Bertz CT molecular complexity index is 2700. The molecule has 4 heterocycles. The van der Waals surface area contributed by atoms with Crippen LogP contribution in [-0.4, -0.2) is 9.55 Å². The van der Waals surface area contributed by atoms with Crippen molar-refractivity contribution in [1.29, 1.82) is 0 Å². The van der Waals surface area contributed by atoms with Gasteiger partial charge in [0.05, 0.1) is 34.3 Å². The van der Waals surface area contributed by atoms with Crippen LogP contribution in [0.5, 0.6) is 0 Å². The molecule has 4 heteroatoms. The van der Waals surface area contributed by atoms with E-state index >= 15 is 0 Å². The first-order valence-electron chi connectivity index (χ1n) is 16.5. The maximum atomic E-state index is 4.43. The predicted molar refractivity (Wildman–Crippen MR) is 204 cm³/mol. The molecule has 9 aromatic rings. The van der Waals surface area contributed by atoms with Gasteiger partial charge in [0.15, 0.2) is 0 Å². The molecule has 0 fully saturated rings. The van der Waals surface area contributed by atoms with E-state index in [1.165, 1.54) is 81.3 Å². The van der Waals surface area contributed by atoms with Crippen LogP contribution in [0, 0.1) is 0 Å². The first-order valence-corrected chi connectivity index (χ1v) is 17.3. The second-order valence-corrected chi connectivity index (χ2v) is 14.3. The number of rotatable bonds is 3. The summed E-state index contributed by atoms with van der Waals surface area (Å²) in [5.74, 6) is 0. The van der Waals surface area contributed by atoms with Crippen molar-refractivity contribution in [3.63, 3.8) is 0 Å². The average Bonchev–Trinajstić information content (AvgIpc) is 3.68. The maximum absolute atomic E-state index is 4.43. The number of hydrogen-bond donors (Lipinski definition) is 0. The standard InChI is InChI=1S/C44H31N3S/c1-44(2)35-26-29(28-18-20-37-34(25-28)32-14-6-8-16-36(32)47(37)31-13-10-24-45-27-31)19-21-38(35)46(30-11-4-3-5-12-30)39-22-23-41-42(43(39)44)33-15-7-9-17-40(33)48-41/h3-27H,1-2H3. The minimum atomic E-state index is -0.240. The van der Waals surface area contributed by atoms with Crippen molar-refractivity contribution in [3.8, 4) is 16.8 Å². The number of thiophene rings is 1. The fourth-order valence-electron chi connectivity index (χ4n) is 8.07. The van der Waals surface area contributed by atoms with Crippen LogP contribution >= 0.6 is 11.3 Å². The van der Waals surface area contributed by atoms with E-state index in [2.05, 4.69) is 162 Å². The summed E-state index contributed by atoms with van der Waals surface area (Å²) < 4.78 is 5.00. The van der Waals surface area contributed by atoms with Crippen molar-refractivity contribution in [3.05, 3.63) is 163 Å². The Balaban J connectivity index is 1.21. The van der Waals surface area contributed by atoms with Crippen molar-refractivity contribution < 1.29 is 0 Å². The summed E-state index contributed by atoms with van der Waals surface area (Å²) in [6, 6.07) is 51.2. The van der Waals surface area contributed by atoms with E-state index < -0.39 is 0 Å². The van der Waals surface area contributed by atoms with Gasteiger partial charge in [0.1, 0.15) is 0 Å². The number of fused-ring (bicyclic) bond motifs is 9. The molecule has 228 valence electrons. The van der Waals surface area contributed by atoms with Gasteiger partial charge < -0.3 is 9.47 Å². The van der Waals surface area contributed by atoms with Gasteiger partial charge >= 0.3 is 0 Å². The highest BCUT2D eigenvalue weighted by Crippen LogP contribution is 2.56. The van der Waals surface area contributed by atoms with Gasteiger partial charge in [0.25, 0.3) is 0 Å². The van der Waals surface area contributed by atoms with Crippen molar-refractivity contribution >= 4 is 70.4 Å². The lowest BCUT2D eigenvalue weighted by molar-refractivity contribution is 0.639. The number of aromatic nitrogens is 2. The Hall–Kier alpha value is -5.71. The lowest BCUT2D eigenvalue weighted by atomic mass is 9.71. The fraction of sp³-hybridized carbons (Fsp3) is 0.0682. The van der Waals surface area contributed by atoms with E-state index in [0.717, 1.165) is 5.69 Å². The van der Waals surface area contributed by atoms with Gasteiger partial charge in [-0.05, 0) is 95.1 Å². The molecular weight excluding hydrogens is 603 g/mol. The molecule has 0 amide bonds. The lowest BCUT2D eigenvalue weighted by Crippen LogP contribution is -2.31. The molecule has 0 atom stereocenters. The Kier molecular flexibility index (Phi) is 5.79. The molecule has 1 aliphatic rings. The zero-order valence-electron chi connectivity index (χ0n) is 26.7. The SMILES string of the molecule is CC1(C)c2cc(-c3ccc4c(c3)c3ccccc3n4-c3cccnc3)ccc2N(c2ccccc2)c2ccc3sc4ccccc4c3c21.